The standard InChI is InChI=1S/C19H13Cl2IN2O2/c1-11-15(22)7-9-17(23-11)24-18(25)10-6-12-5-8-16(26-12)13-3-2-4-14(20)19(13)21/h2-10H,1H3,(H,23,24,25)/b10-6+. The van der Waals surface area contributed by atoms with E-state index < -0.39 is 0 Å². The number of anilines is 1. The fourth-order valence-corrected chi connectivity index (χ4v) is 2.91. The molecule has 0 aliphatic carbocycles. The monoisotopic (exact) mass is 498 g/mol. The normalized spacial score (nSPS) is 11.1. The number of halogens is 3. The highest BCUT2D eigenvalue weighted by Crippen LogP contribution is 2.34. The van der Waals surface area contributed by atoms with E-state index in [1.54, 1.807) is 36.4 Å². The summed E-state index contributed by atoms with van der Waals surface area (Å²) in [6.07, 6.45) is 2.97. The second kappa shape index (κ2) is 8.24. The molecule has 0 unspecified atom stereocenters. The van der Waals surface area contributed by atoms with Gasteiger partial charge in [-0.25, -0.2) is 4.98 Å². The number of hydrogen-bond donors (Lipinski definition) is 1. The van der Waals surface area contributed by atoms with Crippen molar-refractivity contribution in [3.8, 4) is 11.3 Å². The molecule has 3 aromatic rings. The molecule has 0 radical (unpaired) electrons. The van der Waals surface area contributed by atoms with Crippen LogP contribution in [0.4, 0.5) is 5.82 Å². The largest absolute Gasteiger partial charge is 0.457 e. The highest BCUT2D eigenvalue weighted by atomic mass is 127. The molecule has 7 heteroatoms. The summed E-state index contributed by atoms with van der Waals surface area (Å²) in [5.41, 5.74) is 1.56. The number of aryl methyl sites for hydroxylation is 1. The molecular formula is C19H13Cl2IN2O2. The first-order chi connectivity index (χ1) is 12.4. The van der Waals surface area contributed by atoms with Crippen molar-refractivity contribution in [1.82, 2.24) is 4.98 Å². The lowest BCUT2D eigenvalue weighted by Gasteiger charge is -2.03. The van der Waals surface area contributed by atoms with E-state index in [2.05, 4.69) is 32.9 Å². The van der Waals surface area contributed by atoms with Gasteiger partial charge in [0.15, 0.2) is 0 Å². The highest BCUT2D eigenvalue weighted by Gasteiger charge is 2.10. The van der Waals surface area contributed by atoms with Crippen LogP contribution in [-0.4, -0.2) is 10.9 Å². The number of benzene rings is 1. The van der Waals surface area contributed by atoms with Crippen molar-refractivity contribution in [3.63, 3.8) is 0 Å². The van der Waals surface area contributed by atoms with Crippen LogP contribution in [0.25, 0.3) is 17.4 Å². The lowest BCUT2D eigenvalue weighted by Crippen LogP contribution is -2.09. The van der Waals surface area contributed by atoms with Gasteiger partial charge in [0.25, 0.3) is 0 Å². The molecule has 2 heterocycles. The molecule has 0 fully saturated rings. The Morgan fingerprint density at radius 3 is 2.77 bits per heavy atom. The molecule has 132 valence electrons. The van der Waals surface area contributed by atoms with Crippen LogP contribution < -0.4 is 5.32 Å². The molecule has 0 saturated heterocycles. The van der Waals surface area contributed by atoms with E-state index in [0.717, 1.165) is 9.26 Å². The lowest BCUT2D eigenvalue weighted by molar-refractivity contribution is -0.111. The molecular weight excluding hydrogens is 486 g/mol. The number of pyridine rings is 1. The maximum Gasteiger partial charge on any atom is 0.249 e. The van der Waals surface area contributed by atoms with E-state index in [9.17, 15) is 4.79 Å². The van der Waals surface area contributed by atoms with Crippen LogP contribution in [-0.2, 0) is 4.79 Å². The molecule has 0 aliphatic rings. The molecule has 0 aliphatic heterocycles. The van der Waals surface area contributed by atoms with Gasteiger partial charge in [-0.05, 0) is 72.0 Å². The van der Waals surface area contributed by atoms with Gasteiger partial charge < -0.3 is 9.73 Å². The van der Waals surface area contributed by atoms with Gasteiger partial charge >= 0.3 is 0 Å². The SMILES string of the molecule is Cc1nc(NC(=O)/C=C/c2ccc(-c3cccc(Cl)c3Cl)o2)ccc1I. The van der Waals surface area contributed by atoms with E-state index in [4.69, 9.17) is 27.6 Å². The predicted molar refractivity (Wildman–Crippen MR) is 114 cm³/mol. The number of aromatic nitrogens is 1. The van der Waals surface area contributed by atoms with Gasteiger partial charge in [0.05, 0.1) is 15.7 Å². The summed E-state index contributed by atoms with van der Waals surface area (Å²) in [7, 11) is 0. The molecule has 0 saturated carbocycles. The molecule has 0 spiro atoms. The third kappa shape index (κ3) is 4.47. The van der Waals surface area contributed by atoms with E-state index in [1.165, 1.54) is 6.08 Å². The van der Waals surface area contributed by atoms with E-state index in [1.807, 2.05) is 19.1 Å². The summed E-state index contributed by atoms with van der Waals surface area (Å²) in [6, 6.07) is 12.5. The van der Waals surface area contributed by atoms with Crippen LogP contribution in [0.2, 0.25) is 10.0 Å². The minimum atomic E-state index is -0.295. The van der Waals surface area contributed by atoms with Gasteiger partial charge in [-0.1, -0.05) is 29.3 Å². The van der Waals surface area contributed by atoms with Crippen LogP contribution in [0.1, 0.15) is 11.5 Å². The summed E-state index contributed by atoms with van der Waals surface area (Å²) in [6.45, 7) is 1.89. The van der Waals surface area contributed by atoms with Crippen molar-refractivity contribution < 1.29 is 9.21 Å². The molecule has 1 aromatic carbocycles. The summed E-state index contributed by atoms with van der Waals surface area (Å²) < 4.78 is 6.76. The van der Waals surface area contributed by atoms with Crippen molar-refractivity contribution in [1.29, 1.82) is 0 Å². The Labute approximate surface area is 174 Å². The molecule has 26 heavy (non-hydrogen) atoms. The molecule has 0 atom stereocenters. The van der Waals surface area contributed by atoms with Gasteiger partial charge in [0.1, 0.15) is 17.3 Å². The van der Waals surface area contributed by atoms with Crippen LogP contribution in [0.3, 0.4) is 0 Å². The van der Waals surface area contributed by atoms with Crippen molar-refractivity contribution in [2.75, 3.05) is 5.32 Å². The first-order valence-electron chi connectivity index (χ1n) is 7.60. The molecule has 3 rings (SSSR count). The number of carbonyl (C=O) groups is 1. The quantitative estimate of drug-likeness (QED) is 0.343. The zero-order valence-electron chi connectivity index (χ0n) is 13.6. The van der Waals surface area contributed by atoms with Crippen LogP contribution in [0.5, 0.6) is 0 Å². The van der Waals surface area contributed by atoms with Crippen LogP contribution in [0.15, 0.2) is 53.0 Å². The number of amides is 1. The van der Waals surface area contributed by atoms with Crippen molar-refractivity contribution in [2.24, 2.45) is 0 Å². The summed E-state index contributed by atoms with van der Waals surface area (Å²) in [5, 5.41) is 3.60. The fourth-order valence-electron chi connectivity index (χ4n) is 2.22. The third-order valence-corrected chi connectivity index (χ3v) is 5.47. The number of hydrogen-bond acceptors (Lipinski definition) is 3. The van der Waals surface area contributed by atoms with E-state index in [0.29, 0.717) is 32.9 Å². The number of carbonyl (C=O) groups excluding carboxylic acids is 1. The zero-order valence-corrected chi connectivity index (χ0v) is 17.3. The topological polar surface area (TPSA) is 55.1 Å². The molecule has 1 amide bonds. The maximum absolute atomic E-state index is 12.0. The number of rotatable bonds is 4. The van der Waals surface area contributed by atoms with Crippen molar-refractivity contribution in [3.05, 3.63) is 73.6 Å². The fraction of sp³-hybridized carbons (Fsp3) is 0.0526. The first kappa shape index (κ1) is 18.9. The Hall–Kier alpha value is -1.83. The molecule has 1 N–H and O–H groups in total. The third-order valence-electron chi connectivity index (χ3n) is 3.52. The minimum Gasteiger partial charge on any atom is -0.457 e. The predicted octanol–water partition coefficient (Wildman–Crippen LogP) is 6.21. The highest BCUT2D eigenvalue weighted by molar-refractivity contribution is 14.1. The van der Waals surface area contributed by atoms with Gasteiger partial charge in [-0.15, -0.1) is 0 Å². The van der Waals surface area contributed by atoms with Crippen molar-refractivity contribution in [2.45, 2.75) is 6.92 Å². The van der Waals surface area contributed by atoms with E-state index in [-0.39, 0.29) is 5.91 Å². The number of furan rings is 1. The Kier molecular flexibility index (Phi) is 6.01. The Balaban J connectivity index is 1.71. The van der Waals surface area contributed by atoms with Gasteiger partial charge in [-0.2, -0.15) is 0 Å². The van der Waals surface area contributed by atoms with Gasteiger partial charge in [0, 0.05) is 15.2 Å². The average molecular weight is 499 g/mol. The zero-order chi connectivity index (χ0) is 18.7. The Morgan fingerprint density at radius 1 is 1.19 bits per heavy atom. The summed E-state index contributed by atoms with van der Waals surface area (Å²) in [4.78, 5) is 16.3. The Bertz CT molecular complexity index is 999. The maximum atomic E-state index is 12.0. The van der Waals surface area contributed by atoms with E-state index >= 15 is 0 Å². The van der Waals surface area contributed by atoms with Crippen LogP contribution in [0, 0.1) is 10.5 Å². The van der Waals surface area contributed by atoms with Crippen LogP contribution >= 0.6 is 45.8 Å². The number of nitrogens with one attached hydrogen (secondary N) is 1. The second-order valence-electron chi connectivity index (χ2n) is 5.39. The smallest absolute Gasteiger partial charge is 0.249 e. The summed E-state index contributed by atoms with van der Waals surface area (Å²) in [5.74, 6) is 1.31. The summed E-state index contributed by atoms with van der Waals surface area (Å²) >= 11 is 14.4. The number of nitrogens with zero attached hydrogens (tertiary/aromatic N) is 1. The van der Waals surface area contributed by atoms with Gasteiger partial charge in [0.2, 0.25) is 5.91 Å². The van der Waals surface area contributed by atoms with Gasteiger partial charge in [-0.3, -0.25) is 4.79 Å². The molecule has 4 nitrogen and oxygen atoms in total. The van der Waals surface area contributed by atoms with Crippen molar-refractivity contribution >= 4 is 63.6 Å². The molecule has 2 aromatic heterocycles. The second-order valence-corrected chi connectivity index (χ2v) is 7.34. The minimum absolute atomic E-state index is 0.295. The Morgan fingerprint density at radius 2 is 2.00 bits per heavy atom. The first-order valence-corrected chi connectivity index (χ1v) is 9.44. The molecule has 0 bridgehead atoms. The lowest BCUT2D eigenvalue weighted by atomic mass is 10.2. The average Bonchev–Trinajstić information content (AvgIpc) is 3.07.